The fourth-order valence-corrected chi connectivity index (χ4v) is 7.45. The number of primary amides is 1. The first-order chi connectivity index (χ1) is 28.1. The molecule has 4 rings (SSSR count). The Hall–Kier alpha value is -5.59. The quantitative estimate of drug-likeness (QED) is 0.0449. The van der Waals surface area contributed by atoms with Crippen LogP contribution in [0.1, 0.15) is 106 Å². The van der Waals surface area contributed by atoms with Gasteiger partial charge in [-0.2, -0.15) is 13.2 Å². The van der Waals surface area contributed by atoms with Gasteiger partial charge >= 0.3 is 12.2 Å². The summed E-state index contributed by atoms with van der Waals surface area (Å²) in [7, 11) is 0. The Labute approximate surface area is 344 Å². The zero-order chi connectivity index (χ0) is 44.4. The predicted octanol–water partition coefficient (Wildman–Crippen LogP) is 0.758. The first-order valence-electron chi connectivity index (χ1n) is 19.6. The van der Waals surface area contributed by atoms with Gasteiger partial charge in [0, 0.05) is 30.6 Å². The number of benzene rings is 1. The number of halogens is 3. The molecule has 2 fully saturated rings. The zero-order valence-electron chi connectivity index (χ0n) is 33.3. The van der Waals surface area contributed by atoms with Crippen molar-refractivity contribution in [2.24, 2.45) is 11.7 Å². The molecular formula is C39H52F3N9O9. The largest absolute Gasteiger partial charge is 0.447 e. The van der Waals surface area contributed by atoms with Gasteiger partial charge in [0.1, 0.15) is 17.7 Å². The van der Waals surface area contributed by atoms with Gasteiger partial charge in [-0.05, 0) is 57.6 Å². The first-order valence-corrected chi connectivity index (χ1v) is 19.6. The number of amides is 6. The second-order valence-corrected chi connectivity index (χ2v) is 15.6. The van der Waals surface area contributed by atoms with Crippen molar-refractivity contribution in [1.29, 1.82) is 0 Å². The lowest BCUT2D eigenvalue weighted by molar-refractivity contribution is -0.358. The summed E-state index contributed by atoms with van der Waals surface area (Å²) in [5, 5.41) is 48.5. The number of nitrogens with one attached hydrogen (secondary N) is 4. The molecule has 9 N–H and O–H groups in total. The molecule has 2 aliphatic rings. The van der Waals surface area contributed by atoms with E-state index in [1.54, 1.807) is 0 Å². The molecular weight excluding hydrogens is 795 g/mol. The van der Waals surface area contributed by atoms with Gasteiger partial charge in [-0.3, -0.25) is 24.0 Å². The maximum absolute atomic E-state index is 14.7. The molecule has 6 amide bonds. The van der Waals surface area contributed by atoms with E-state index in [1.807, 2.05) is 0 Å². The predicted molar refractivity (Wildman–Crippen MR) is 206 cm³/mol. The maximum Gasteiger partial charge on any atom is 0.447 e. The highest BCUT2D eigenvalue weighted by Gasteiger charge is 2.54. The van der Waals surface area contributed by atoms with Crippen LogP contribution in [0.5, 0.6) is 0 Å². The van der Waals surface area contributed by atoms with E-state index in [2.05, 4.69) is 37.5 Å². The van der Waals surface area contributed by atoms with Gasteiger partial charge < -0.3 is 47.2 Å². The summed E-state index contributed by atoms with van der Waals surface area (Å²) in [5.41, 5.74) is 3.01. The Morgan fingerprint density at radius 3 is 2.23 bits per heavy atom. The number of carbonyl (C=O) groups is 6. The van der Waals surface area contributed by atoms with Crippen molar-refractivity contribution in [3.8, 4) is 12.3 Å². The molecule has 328 valence electrons. The fraction of sp³-hybridized carbons (Fsp3) is 0.590. The number of aromatic nitrogens is 3. The molecule has 1 aromatic heterocycles. The van der Waals surface area contributed by atoms with Crippen molar-refractivity contribution < 1.29 is 57.3 Å². The third kappa shape index (κ3) is 12.0. The molecule has 18 nitrogen and oxygen atoms in total. The van der Waals surface area contributed by atoms with Crippen LogP contribution in [0.15, 0.2) is 30.5 Å². The van der Waals surface area contributed by atoms with Crippen molar-refractivity contribution >= 4 is 35.4 Å². The number of urea groups is 1. The monoisotopic (exact) mass is 847 g/mol. The number of rotatable bonds is 18. The van der Waals surface area contributed by atoms with E-state index in [9.17, 15) is 57.3 Å². The molecule has 1 aromatic carbocycles. The Morgan fingerprint density at radius 2 is 1.63 bits per heavy atom. The Kier molecular flexibility index (Phi) is 15.8. The summed E-state index contributed by atoms with van der Waals surface area (Å²) >= 11 is 0. The van der Waals surface area contributed by atoms with Crippen LogP contribution in [0.4, 0.5) is 18.0 Å². The van der Waals surface area contributed by atoms with Crippen LogP contribution >= 0.6 is 0 Å². The number of likely N-dealkylation sites (tertiary alicyclic amines) is 1. The Morgan fingerprint density at radius 1 is 0.967 bits per heavy atom. The van der Waals surface area contributed by atoms with E-state index in [4.69, 9.17) is 12.2 Å². The average Bonchev–Trinajstić information content (AvgIpc) is 3.87. The number of hydrogen-bond donors (Lipinski definition) is 8. The second-order valence-electron chi connectivity index (χ2n) is 15.6. The molecule has 2 heterocycles. The molecule has 60 heavy (non-hydrogen) atoms. The van der Waals surface area contributed by atoms with E-state index >= 15 is 0 Å². The minimum atomic E-state index is -5.43. The van der Waals surface area contributed by atoms with Crippen LogP contribution in [0, 0.1) is 18.3 Å². The number of nitrogens with zero attached hydrogens (tertiary/aromatic N) is 4. The van der Waals surface area contributed by atoms with Crippen LogP contribution in [0.3, 0.4) is 0 Å². The summed E-state index contributed by atoms with van der Waals surface area (Å²) in [6, 6.07) is -1.91. The molecule has 21 heteroatoms. The highest BCUT2D eigenvalue weighted by molar-refractivity contribution is 6.37. The summed E-state index contributed by atoms with van der Waals surface area (Å²) in [5.74, 6) is -6.76. The number of Topliss-reactive ketones (excluding diaryl/α,β-unsaturated/α-hetero) is 1. The van der Waals surface area contributed by atoms with Crippen molar-refractivity contribution in [3.05, 3.63) is 47.3 Å². The summed E-state index contributed by atoms with van der Waals surface area (Å²) < 4.78 is 41.1. The van der Waals surface area contributed by atoms with E-state index in [-0.39, 0.29) is 62.5 Å². The summed E-state index contributed by atoms with van der Waals surface area (Å²) in [6.07, 6.45) is 5.78. The van der Waals surface area contributed by atoms with Crippen LogP contribution in [-0.4, -0.2) is 115 Å². The lowest BCUT2D eigenvalue weighted by Gasteiger charge is -2.32. The van der Waals surface area contributed by atoms with E-state index < -0.39 is 82.7 Å². The van der Waals surface area contributed by atoms with E-state index in [0.717, 1.165) is 56.4 Å². The second kappa shape index (κ2) is 20.1. The number of terminal acetylenes is 1. The SMILES string of the molecule is C#CCNC(=O)NCCCCC(NC(=O)C1CC(n2nncc2C(C)(C)O)CN1C(=O)[C@@H](CC1CCCCC1)NC(=O)c1ccc(C(O)(O)C(F)(F)F)cc1)C(=O)C(N)=O. The van der Waals surface area contributed by atoms with Gasteiger partial charge in [-0.1, -0.05) is 55.4 Å². The highest BCUT2D eigenvalue weighted by Crippen LogP contribution is 2.37. The third-order valence-electron chi connectivity index (χ3n) is 10.7. The molecule has 1 aliphatic carbocycles. The zero-order valence-corrected chi connectivity index (χ0v) is 33.3. The van der Waals surface area contributed by atoms with Gasteiger partial charge in [-0.15, -0.1) is 11.5 Å². The molecule has 1 saturated heterocycles. The molecule has 0 radical (unpaired) electrons. The van der Waals surface area contributed by atoms with E-state index in [0.29, 0.717) is 6.42 Å². The molecule has 1 saturated carbocycles. The number of carbonyl (C=O) groups excluding carboxylic acids is 6. The minimum Gasteiger partial charge on any atom is -0.384 e. The summed E-state index contributed by atoms with van der Waals surface area (Å²) in [4.78, 5) is 80.6. The normalized spacial score (nSPS) is 18.5. The molecule has 2 aromatic rings. The molecule has 4 atom stereocenters. The molecule has 1 aliphatic heterocycles. The van der Waals surface area contributed by atoms with Gasteiger partial charge in [0.05, 0.1) is 30.5 Å². The van der Waals surface area contributed by atoms with Crippen LogP contribution in [-0.2, 0) is 30.6 Å². The lowest BCUT2D eigenvalue weighted by Crippen LogP contribution is -2.56. The van der Waals surface area contributed by atoms with Crippen molar-refractivity contribution in [3.63, 3.8) is 0 Å². The highest BCUT2D eigenvalue weighted by atomic mass is 19.4. The minimum absolute atomic E-state index is 0.0117. The maximum atomic E-state index is 14.7. The molecule has 0 bridgehead atoms. The smallest absolute Gasteiger partial charge is 0.384 e. The number of nitrogens with two attached hydrogens (primary N) is 1. The molecule has 0 spiro atoms. The first kappa shape index (κ1) is 47.1. The van der Waals surface area contributed by atoms with Gasteiger partial charge in [0.2, 0.25) is 17.6 Å². The van der Waals surface area contributed by atoms with Crippen LogP contribution in [0.25, 0.3) is 0 Å². The van der Waals surface area contributed by atoms with Gasteiger partial charge in [-0.25, -0.2) is 9.48 Å². The van der Waals surface area contributed by atoms with Crippen LogP contribution in [0.2, 0.25) is 0 Å². The van der Waals surface area contributed by atoms with Crippen molar-refractivity contribution in [2.75, 3.05) is 19.6 Å². The van der Waals surface area contributed by atoms with Gasteiger partial charge in [0.15, 0.2) is 0 Å². The van der Waals surface area contributed by atoms with Crippen molar-refractivity contribution in [2.45, 2.75) is 120 Å². The number of ketones is 1. The standard InChI is InChI=1S/C39H52F3N9O9/c1-4-17-44-36(57)45-18-9-8-12-27(31(52)32(43)53)47-34(55)29-20-26(51-30(21-46-49-51)37(2,3)58)22-50(29)35(56)28(19-23-10-6-5-7-11-23)48-33(54)24-13-15-25(16-14-24)38(59,60)39(40,41)42/h1,13-16,21,23,26-29,58-60H,5-12,17-20,22H2,2-3H3,(H2,43,53)(H,47,55)(H,48,54)(H2,44,45,57)/t26?,27?,28-,29?/m1/s1. The fourth-order valence-electron chi connectivity index (χ4n) is 7.45. The number of aliphatic hydroxyl groups is 3. The van der Waals surface area contributed by atoms with Gasteiger partial charge in [0.25, 0.3) is 17.6 Å². The number of hydrogen-bond acceptors (Lipinski definition) is 11. The average molecular weight is 848 g/mol. The third-order valence-corrected chi connectivity index (χ3v) is 10.7. The molecule has 3 unspecified atom stereocenters. The Balaban J connectivity index is 1.63. The number of unbranched alkanes of at least 4 members (excludes halogenated alkanes) is 1. The summed E-state index contributed by atoms with van der Waals surface area (Å²) in [6.45, 7) is 3.00. The van der Waals surface area contributed by atoms with Crippen molar-refractivity contribution in [1.82, 2.24) is 41.2 Å². The van der Waals surface area contributed by atoms with Crippen LogP contribution < -0.4 is 27.0 Å². The topological polar surface area (TPSA) is 271 Å². The van der Waals surface area contributed by atoms with E-state index in [1.165, 1.54) is 29.6 Å². The lowest BCUT2D eigenvalue weighted by atomic mass is 9.84. The number of alkyl halides is 3. The Bertz CT molecular complexity index is 1900.